The SMILES string of the molecule is COC(=O)C1=C(Nc2cc(Oc3ccc(F)cc3)cc([N+](=O)[O-])c2)C(=O)N(CCO)C1. The third-order valence-corrected chi connectivity index (χ3v) is 4.37. The number of carbonyl (C=O) groups is 2. The molecule has 0 saturated carbocycles. The molecule has 1 aliphatic rings. The van der Waals surface area contributed by atoms with Gasteiger partial charge in [-0.3, -0.25) is 14.9 Å². The van der Waals surface area contributed by atoms with Crippen molar-refractivity contribution in [1.29, 1.82) is 0 Å². The van der Waals surface area contributed by atoms with Crippen molar-refractivity contribution >= 4 is 23.3 Å². The number of ether oxygens (including phenoxy) is 2. The highest BCUT2D eigenvalue weighted by molar-refractivity contribution is 6.08. The number of non-ortho nitro benzene ring substituents is 1. The highest BCUT2D eigenvalue weighted by atomic mass is 19.1. The number of benzene rings is 2. The van der Waals surface area contributed by atoms with Crippen molar-refractivity contribution in [1.82, 2.24) is 4.90 Å². The second kappa shape index (κ2) is 9.22. The number of carbonyl (C=O) groups excluding carboxylic acids is 2. The van der Waals surface area contributed by atoms with Crippen molar-refractivity contribution in [2.75, 3.05) is 32.1 Å². The molecular weight excluding hydrogens is 413 g/mol. The average molecular weight is 431 g/mol. The molecule has 0 aliphatic carbocycles. The summed E-state index contributed by atoms with van der Waals surface area (Å²) in [6.07, 6.45) is 0. The van der Waals surface area contributed by atoms with Crippen LogP contribution < -0.4 is 10.1 Å². The van der Waals surface area contributed by atoms with Crippen molar-refractivity contribution in [2.24, 2.45) is 0 Å². The molecule has 0 aromatic heterocycles. The first-order chi connectivity index (χ1) is 14.8. The third-order valence-electron chi connectivity index (χ3n) is 4.37. The number of amides is 1. The zero-order chi connectivity index (χ0) is 22.5. The van der Waals surface area contributed by atoms with E-state index in [4.69, 9.17) is 14.6 Å². The van der Waals surface area contributed by atoms with E-state index < -0.39 is 22.6 Å². The van der Waals surface area contributed by atoms with Crippen molar-refractivity contribution < 1.29 is 33.5 Å². The first-order valence-electron chi connectivity index (χ1n) is 9.04. The Hall–Kier alpha value is -3.99. The molecule has 0 saturated heterocycles. The summed E-state index contributed by atoms with van der Waals surface area (Å²) in [7, 11) is 1.16. The Labute approximate surface area is 175 Å². The number of nitrogens with one attached hydrogen (secondary N) is 1. The largest absolute Gasteiger partial charge is 0.466 e. The van der Waals surface area contributed by atoms with Gasteiger partial charge in [-0.1, -0.05) is 0 Å². The quantitative estimate of drug-likeness (QED) is 0.369. The molecule has 11 heteroatoms. The van der Waals surface area contributed by atoms with E-state index in [0.717, 1.165) is 7.11 Å². The monoisotopic (exact) mass is 431 g/mol. The molecule has 2 aromatic rings. The van der Waals surface area contributed by atoms with E-state index in [1.54, 1.807) is 0 Å². The van der Waals surface area contributed by atoms with Gasteiger partial charge in [0.1, 0.15) is 23.0 Å². The number of aliphatic hydroxyl groups excluding tert-OH is 1. The lowest BCUT2D eigenvalue weighted by Crippen LogP contribution is -2.31. The van der Waals surface area contributed by atoms with Crippen LogP contribution in [0.15, 0.2) is 53.7 Å². The number of hydrogen-bond donors (Lipinski definition) is 2. The Morgan fingerprint density at radius 2 is 1.97 bits per heavy atom. The van der Waals surface area contributed by atoms with Gasteiger partial charge in [-0.2, -0.15) is 0 Å². The standard InChI is InChI=1S/C20H18FN3O7/c1-30-20(27)17-11-23(6-7-25)19(26)18(17)22-13-8-14(24(28)29)10-16(9-13)31-15-4-2-12(21)3-5-15/h2-5,8-10,22,25H,6-7,11H2,1H3. The maximum absolute atomic E-state index is 13.1. The van der Waals surface area contributed by atoms with Crippen molar-refractivity contribution in [2.45, 2.75) is 0 Å². The Morgan fingerprint density at radius 1 is 1.26 bits per heavy atom. The smallest absolute Gasteiger partial charge is 0.337 e. The number of hydrogen-bond acceptors (Lipinski definition) is 8. The molecule has 31 heavy (non-hydrogen) atoms. The van der Waals surface area contributed by atoms with Crippen molar-refractivity contribution in [3.8, 4) is 11.5 Å². The molecule has 10 nitrogen and oxygen atoms in total. The van der Waals surface area contributed by atoms with E-state index in [1.807, 2.05) is 0 Å². The van der Waals surface area contributed by atoms with Gasteiger partial charge in [0.05, 0.1) is 36.8 Å². The van der Waals surface area contributed by atoms with Crippen molar-refractivity contribution in [3.63, 3.8) is 0 Å². The predicted molar refractivity (Wildman–Crippen MR) is 106 cm³/mol. The molecule has 0 atom stereocenters. The minimum Gasteiger partial charge on any atom is -0.466 e. The van der Waals surface area contributed by atoms with Crippen LogP contribution in [0.3, 0.4) is 0 Å². The Morgan fingerprint density at radius 3 is 2.58 bits per heavy atom. The van der Waals surface area contributed by atoms with Crippen LogP contribution in [-0.2, 0) is 14.3 Å². The Bertz CT molecular complexity index is 1050. The number of esters is 1. The summed E-state index contributed by atoms with van der Waals surface area (Å²) in [4.78, 5) is 36.7. The first-order valence-corrected chi connectivity index (χ1v) is 9.04. The number of nitro groups is 1. The van der Waals surface area contributed by atoms with E-state index in [0.29, 0.717) is 0 Å². The highest BCUT2D eigenvalue weighted by Crippen LogP contribution is 2.32. The fourth-order valence-corrected chi connectivity index (χ4v) is 2.95. The molecule has 0 unspecified atom stereocenters. The molecule has 0 spiro atoms. The van der Waals surface area contributed by atoms with Gasteiger partial charge in [0.2, 0.25) is 0 Å². The van der Waals surface area contributed by atoms with Crippen LogP contribution in [0.2, 0.25) is 0 Å². The minimum atomic E-state index is -0.746. The van der Waals surface area contributed by atoms with Gasteiger partial charge >= 0.3 is 5.97 Å². The number of halogens is 1. The zero-order valence-corrected chi connectivity index (χ0v) is 16.3. The number of β-amino-alcohol motifs (C(OH)–C–C–N with tert-alkyl or cyclic N) is 1. The molecule has 2 aromatic carbocycles. The Balaban J connectivity index is 1.95. The number of aliphatic hydroxyl groups is 1. The molecular formula is C20H18FN3O7. The maximum Gasteiger partial charge on any atom is 0.337 e. The van der Waals surface area contributed by atoms with Crippen LogP contribution in [0.4, 0.5) is 15.8 Å². The van der Waals surface area contributed by atoms with Gasteiger partial charge in [-0.25, -0.2) is 9.18 Å². The summed E-state index contributed by atoms with van der Waals surface area (Å²) >= 11 is 0. The number of rotatable bonds is 8. The van der Waals surface area contributed by atoms with Crippen LogP contribution in [0.1, 0.15) is 0 Å². The first kappa shape index (κ1) is 21.7. The van der Waals surface area contributed by atoms with E-state index in [9.17, 15) is 24.1 Å². The van der Waals surface area contributed by atoms with Crippen LogP contribution in [-0.4, -0.2) is 53.6 Å². The normalized spacial score (nSPS) is 13.4. The van der Waals surface area contributed by atoms with E-state index in [2.05, 4.69) is 5.32 Å². The lowest BCUT2D eigenvalue weighted by atomic mass is 10.2. The molecule has 2 N–H and O–H groups in total. The number of anilines is 1. The predicted octanol–water partition coefficient (Wildman–Crippen LogP) is 2.20. The fourth-order valence-electron chi connectivity index (χ4n) is 2.95. The van der Waals surface area contributed by atoms with Crippen molar-refractivity contribution in [3.05, 3.63) is 69.7 Å². The van der Waals surface area contributed by atoms with Gasteiger partial charge in [0.25, 0.3) is 11.6 Å². The topological polar surface area (TPSA) is 131 Å². The summed E-state index contributed by atoms with van der Waals surface area (Å²) in [6.45, 7) is -0.388. The maximum atomic E-state index is 13.1. The van der Waals surface area contributed by atoms with Crippen LogP contribution in [0.25, 0.3) is 0 Å². The molecule has 1 amide bonds. The summed E-state index contributed by atoms with van der Waals surface area (Å²) in [5.41, 5.74) is -0.316. The fraction of sp³-hybridized carbons (Fsp3) is 0.200. The molecule has 3 rings (SSSR count). The van der Waals surface area contributed by atoms with Gasteiger partial charge in [-0.05, 0) is 24.3 Å². The van der Waals surface area contributed by atoms with E-state index in [1.165, 1.54) is 47.4 Å². The second-order valence-corrected chi connectivity index (χ2v) is 6.45. The lowest BCUT2D eigenvalue weighted by Gasteiger charge is -2.15. The number of nitro benzene ring substituents is 1. The van der Waals surface area contributed by atoms with E-state index >= 15 is 0 Å². The van der Waals surface area contributed by atoms with Crippen LogP contribution >= 0.6 is 0 Å². The summed E-state index contributed by atoms with van der Waals surface area (Å²) < 4.78 is 23.4. The average Bonchev–Trinajstić information content (AvgIpc) is 3.05. The molecule has 162 valence electrons. The summed E-state index contributed by atoms with van der Waals surface area (Å²) in [5, 5.41) is 23.2. The Kier molecular flexibility index (Phi) is 6.46. The molecule has 0 fully saturated rings. The van der Waals surface area contributed by atoms with Gasteiger partial charge in [0.15, 0.2) is 0 Å². The lowest BCUT2D eigenvalue weighted by molar-refractivity contribution is -0.384. The summed E-state index contributed by atoms with van der Waals surface area (Å²) in [6, 6.07) is 8.78. The third kappa shape index (κ3) is 4.95. The van der Waals surface area contributed by atoms with Crippen LogP contribution in [0.5, 0.6) is 11.5 Å². The molecule has 1 aliphatic heterocycles. The minimum absolute atomic E-state index is 0.00161. The zero-order valence-electron chi connectivity index (χ0n) is 16.3. The molecule has 0 radical (unpaired) electrons. The second-order valence-electron chi connectivity index (χ2n) is 6.45. The van der Waals surface area contributed by atoms with Gasteiger partial charge in [0, 0.05) is 24.4 Å². The van der Waals surface area contributed by atoms with E-state index in [-0.39, 0.29) is 53.8 Å². The van der Waals surface area contributed by atoms with Gasteiger partial charge in [-0.15, -0.1) is 0 Å². The molecule has 1 heterocycles. The van der Waals surface area contributed by atoms with Gasteiger partial charge < -0.3 is 24.8 Å². The number of nitrogens with zero attached hydrogens (tertiary/aromatic N) is 2. The molecule has 0 bridgehead atoms. The highest BCUT2D eigenvalue weighted by Gasteiger charge is 2.34. The number of methoxy groups -OCH3 is 1. The summed E-state index contributed by atoms with van der Waals surface area (Å²) in [5.74, 6) is -1.48. The van der Waals surface area contributed by atoms with Crippen LogP contribution in [0, 0.1) is 15.9 Å².